The van der Waals surface area contributed by atoms with Crippen LogP contribution in [0.4, 0.5) is 0 Å². The summed E-state index contributed by atoms with van der Waals surface area (Å²) in [6.07, 6.45) is 1.68. The van der Waals surface area contributed by atoms with E-state index in [4.69, 9.17) is 4.74 Å². The summed E-state index contributed by atoms with van der Waals surface area (Å²) in [5, 5.41) is 2.64. The van der Waals surface area contributed by atoms with Gasteiger partial charge in [-0.2, -0.15) is 0 Å². The molecule has 5 nitrogen and oxygen atoms in total. The maximum Gasteiger partial charge on any atom is 0.251 e. The van der Waals surface area contributed by atoms with Crippen LogP contribution >= 0.6 is 15.9 Å². The van der Waals surface area contributed by atoms with E-state index in [1.54, 1.807) is 36.2 Å². The van der Waals surface area contributed by atoms with Crippen molar-refractivity contribution in [3.63, 3.8) is 0 Å². The molecule has 0 unspecified atom stereocenters. The molecule has 0 saturated heterocycles. The zero-order valence-electron chi connectivity index (χ0n) is 14.6. The minimum absolute atomic E-state index is 0.0532. The third-order valence-corrected chi connectivity index (χ3v) is 4.12. The first kappa shape index (κ1) is 19.7. The maximum atomic E-state index is 12.2. The molecule has 6 heteroatoms. The number of ether oxygens (including phenoxy) is 1. The van der Waals surface area contributed by atoms with E-state index < -0.39 is 0 Å². The van der Waals surface area contributed by atoms with Crippen molar-refractivity contribution in [3.05, 3.63) is 76.8 Å². The van der Waals surface area contributed by atoms with Gasteiger partial charge in [0.1, 0.15) is 12.4 Å². The van der Waals surface area contributed by atoms with E-state index in [1.165, 1.54) is 0 Å². The highest BCUT2D eigenvalue weighted by molar-refractivity contribution is 9.10. The van der Waals surface area contributed by atoms with E-state index >= 15 is 0 Å². The third kappa shape index (κ3) is 6.04. The highest BCUT2D eigenvalue weighted by atomic mass is 79.9. The Morgan fingerprint density at radius 3 is 2.62 bits per heavy atom. The molecule has 0 heterocycles. The van der Waals surface area contributed by atoms with Crippen molar-refractivity contribution in [2.24, 2.45) is 0 Å². The number of likely N-dealkylation sites (N-methyl/N-ethyl adjacent to an activating group) is 1. The van der Waals surface area contributed by atoms with Crippen LogP contribution in [0.2, 0.25) is 0 Å². The molecule has 2 aromatic carbocycles. The lowest BCUT2D eigenvalue weighted by molar-refractivity contribution is -0.129. The summed E-state index contributed by atoms with van der Waals surface area (Å²) in [5.41, 5.74) is 1.48. The molecule has 0 saturated carbocycles. The minimum atomic E-state index is -0.281. The smallest absolute Gasteiger partial charge is 0.251 e. The van der Waals surface area contributed by atoms with Gasteiger partial charge in [-0.15, -0.1) is 0 Å². The second-order valence-electron chi connectivity index (χ2n) is 5.69. The molecule has 2 aromatic rings. The van der Waals surface area contributed by atoms with Crippen LogP contribution in [-0.2, 0) is 11.3 Å². The highest BCUT2D eigenvalue weighted by Crippen LogP contribution is 2.14. The van der Waals surface area contributed by atoms with Crippen molar-refractivity contribution in [1.29, 1.82) is 0 Å². The second kappa shape index (κ2) is 9.77. The van der Waals surface area contributed by atoms with Crippen LogP contribution in [0.3, 0.4) is 0 Å². The largest absolute Gasteiger partial charge is 0.490 e. The second-order valence-corrected chi connectivity index (χ2v) is 6.60. The van der Waals surface area contributed by atoms with Crippen molar-refractivity contribution in [3.8, 4) is 5.75 Å². The Bertz CT molecular complexity index is 775. The van der Waals surface area contributed by atoms with Crippen molar-refractivity contribution in [1.82, 2.24) is 10.2 Å². The van der Waals surface area contributed by atoms with E-state index in [0.717, 1.165) is 15.8 Å². The summed E-state index contributed by atoms with van der Waals surface area (Å²) in [6.45, 7) is 4.46. The van der Waals surface area contributed by atoms with Gasteiger partial charge >= 0.3 is 0 Å². The average molecular weight is 417 g/mol. The molecule has 0 atom stereocenters. The first-order valence-electron chi connectivity index (χ1n) is 8.10. The zero-order valence-corrected chi connectivity index (χ0v) is 16.2. The number of rotatable bonds is 8. The number of carbonyl (C=O) groups is 2. The molecule has 2 amide bonds. The summed E-state index contributed by atoms with van der Waals surface area (Å²) in [6, 6.07) is 14.5. The van der Waals surface area contributed by atoms with Gasteiger partial charge in [-0.05, 0) is 35.9 Å². The number of hydrogen-bond donors (Lipinski definition) is 1. The van der Waals surface area contributed by atoms with Gasteiger partial charge in [0.25, 0.3) is 5.91 Å². The van der Waals surface area contributed by atoms with Crippen molar-refractivity contribution in [2.75, 3.05) is 20.2 Å². The Morgan fingerprint density at radius 1 is 1.23 bits per heavy atom. The average Bonchev–Trinajstić information content (AvgIpc) is 2.65. The maximum absolute atomic E-state index is 12.2. The highest BCUT2D eigenvalue weighted by Gasteiger charge is 2.12. The fourth-order valence-electron chi connectivity index (χ4n) is 2.23. The summed E-state index contributed by atoms with van der Waals surface area (Å²) < 4.78 is 6.24. The monoisotopic (exact) mass is 416 g/mol. The van der Waals surface area contributed by atoms with Crippen LogP contribution in [0.5, 0.6) is 5.75 Å². The lowest BCUT2D eigenvalue weighted by Gasteiger charge is -2.18. The standard InChI is InChI=1S/C20H21BrN2O3/c1-3-11-26-18-9-7-15(8-10-18)14-23(2)19(24)13-22-20(25)16-5-4-6-17(21)12-16/h3-10,12H,1,11,13-14H2,2H3,(H,22,25). The predicted octanol–water partition coefficient (Wildman–Crippen LogP) is 3.40. The molecule has 0 spiro atoms. The van der Waals surface area contributed by atoms with E-state index in [9.17, 15) is 9.59 Å². The van der Waals surface area contributed by atoms with Crippen LogP contribution in [0.25, 0.3) is 0 Å². The SMILES string of the molecule is C=CCOc1ccc(CN(C)C(=O)CNC(=O)c2cccc(Br)c2)cc1. The summed E-state index contributed by atoms with van der Waals surface area (Å²) >= 11 is 3.32. The van der Waals surface area contributed by atoms with E-state index in [1.807, 2.05) is 30.3 Å². The number of amides is 2. The molecule has 0 aliphatic carbocycles. The van der Waals surface area contributed by atoms with E-state index in [2.05, 4.69) is 27.8 Å². The zero-order chi connectivity index (χ0) is 18.9. The fourth-order valence-corrected chi connectivity index (χ4v) is 2.63. The quantitative estimate of drug-likeness (QED) is 0.670. The summed E-state index contributed by atoms with van der Waals surface area (Å²) in [5.74, 6) is 0.306. The summed E-state index contributed by atoms with van der Waals surface area (Å²) in [4.78, 5) is 25.9. The first-order chi connectivity index (χ1) is 12.5. The van der Waals surface area contributed by atoms with Crippen LogP contribution < -0.4 is 10.1 Å². The van der Waals surface area contributed by atoms with Gasteiger partial charge in [0, 0.05) is 23.6 Å². The number of benzene rings is 2. The molecule has 0 aromatic heterocycles. The normalized spacial score (nSPS) is 10.1. The molecule has 0 radical (unpaired) electrons. The molecule has 1 N–H and O–H groups in total. The molecule has 0 aliphatic heterocycles. The minimum Gasteiger partial charge on any atom is -0.490 e. The lowest BCUT2D eigenvalue weighted by atomic mass is 10.2. The number of halogens is 1. The van der Waals surface area contributed by atoms with Gasteiger partial charge in [-0.3, -0.25) is 9.59 Å². The summed E-state index contributed by atoms with van der Waals surface area (Å²) in [7, 11) is 1.70. The van der Waals surface area contributed by atoms with Crippen LogP contribution in [0.1, 0.15) is 15.9 Å². The van der Waals surface area contributed by atoms with Gasteiger partial charge in [0.05, 0.1) is 6.54 Å². The molecular formula is C20H21BrN2O3. The van der Waals surface area contributed by atoms with Crippen molar-refractivity contribution < 1.29 is 14.3 Å². The lowest BCUT2D eigenvalue weighted by Crippen LogP contribution is -2.37. The van der Waals surface area contributed by atoms with Crippen molar-refractivity contribution in [2.45, 2.75) is 6.54 Å². The first-order valence-corrected chi connectivity index (χ1v) is 8.89. The Morgan fingerprint density at radius 2 is 1.96 bits per heavy atom. The van der Waals surface area contributed by atoms with Gasteiger partial charge in [-0.25, -0.2) is 0 Å². The molecule has 26 heavy (non-hydrogen) atoms. The topological polar surface area (TPSA) is 58.6 Å². The Kier molecular flexibility index (Phi) is 7.41. The van der Waals surface area contributed by atoms with Crippen LogP contribution in [0.15, 0.2) is 65.7 Å². The van der Waals surface area contributed by atoms with Crippen molar-refractivity contribution >= 4 is 27.7 Å². The Balaban J connectivity index is 1.83. The van der Waals surface area contributed by atoms with Gasteiger partial charge < -0.3 is 15.0 Å². The third-order valence-electron chi connectivity index (χ3n) is 3.62. The number of hydrogen-bond acceptors (Lipinski definition) is 3. The number of nitrogens with one attached hydrogen (secondary N) is 1. The molecule has 136 valence electrons. The molecule has 0 bridgehead atoms. The van der Waals surface area contributed by atoms with E-state index in [-0.39, 0.29) is 18.4 Å². The van der Waals surface area contributed by atoms with Gasteiger partial charge in [0.15, 0.2) is 0 Å². The fraction of sp³-hybridized carbons (Fsp3) is 0.200. The molecule has 0 fully saturated rings. The van der Waals surface area contributed by atoms with Gasteiger partial charge in [-0.1, -0.05) is 46.8 Å². The van der Waals surface area contributed by atoms with Crippen LogP contribution in [-0.4, -0.2) is 36.9 Å². The number of carbonyl (C=O) groups excluding carboxylic acids is 2. The Hall–Kier alpha value is -2.60. The van der Waals surface area contributed by atoms with Gasteiger partial charge in [0.2, 0.25) is 5.91 Å². The molecule has 2 rings (SSSR count). The molecular weight excluding hydrogens is 396 g/mol. The Labute approximate surface area is 161 Å². The number of nitrogens with zero attached hydrogens (tertiary/aromatic N) is 1. The predicted molar refractivity (Wildman–Crippen MR) is 105 cm³/mol. The van der Waals surface area contributed by atoms with E-state index in [0.29, 0.717) is 18.7 Å². The molecule has 0 aliphatic rings. The van der Waals surface area contributed by atoms with Crippen LogP contribution in [0, 0.1) is 0 Å².